The molecule has 1 saturated carbocycles. The third kappa shape index (κ3) is 6.12. The van der Waals surface area contributed by atoms with Gasteiger partial charge < -0.3 is 15.5 Å². The number of rotatable bonds is 8. The molecule has 1 aliphatic heterocycles. The lowest BCUT2D eigenvalue weighted by Crippen LogP contribution is -2.49. The Morgan fingerprint density at radius 3 is 2.43 bits per heavy atom. The van der Waals surface area contributed by atoms with Crippen molar-refractivity contribution in [1.29, 1.82) is 0 Å². The Bertz CT molecular complexity index is 1170. The Balaban J connectivity index is 1.34. The molecule has 2 aliphatic rings. The zero-order valence-electron chi connectivity index (χ0n) is 20.4. The van der Waals surface area contributed by atoms with Crippen LogP contribution < -0.4 is 15.5 Å². The van der Waals surface area contributed by atoms with Gasteiger partial charge in [-0.1, -0.05) is 0 Å². The number of carbonyl (C=O) groups is 1. The summed E-state index contributed by atoms with van der Waals surface area (Å²) in [5.74, 6) is 2.65. The third-order valence-corrected chi connectivity index (χ3v) is 7.17. The zero-order chi connectivity index (χ0) is 24.4. The Labute approximate surface area is 210 Å². The number of anilines is 4. The second-order valence-corrected chi connectivity index (χ2v) is 10.5. The Morgan fingerprint density at radius 2 is 1.80 bits per heavy atom. The molecule has 0 spiro atoms. The average Bonchev–Trinajstić information content (AvgIpc) is 3.62. The van der Waals surface area contributed by atoms with Crippen LogP contribution in [0.15, 0.2) is 46.5 Å². The van der Waals surface area contributed by atoms with E-state index in [1.165, 1.54) is 11.8 Å². The molecular formula is C25H32N8OS. The fourth-order valence-corrected chi connectivity index (χ4v) is 4.83. The predicted molar refractivity (Wildman–Crippen MR) is 139 cm³/mol. The van der Waals surface area contributed by atoms with Crippen LogP contribution in [-0.4, -0.2) is 63.2 Å². The number of carbonyl (C=O) groups excluding carboxylic acids is 1. The van der Waals surface area contributed by atoms with Crippen molar-refractivity contribution in [2.24, 2.45) is 5.92 Å². The van der Waals surface area contributed by atoms with Crippen molar-refractivity contribution in [3.8, 4) is 0 Å². The molecule has 10 heteroatoms. The number of aryl methyl sites for hydroxylation is 1. The second kappa shape index (κ2) is 10.2. The number of nitrogens with one attached hydrogen (secondary N) is 3. The molecule has 1 aliphatic carbocycles. The summed E-state index contributed by atoms with van der Waals surface area (Å²) in [6.07, 6.45) is 1.99. The van der Waals surface area contributed by atoms with Gasteiger partial charge in [0.25, 0.3) is 0 Å². The van der Waals surface area contributed by atoms with Crippen LogP contribution in [0.2, 0.25) is 0 Å². The minimum absolute atomic E-state index is 0.114. The van der Waals surface area contributed by atoms with Crippen LogP contribution >= 0.6 is 11.8 Å². The molecule has 3 heterocycles. The highest BCUT2D eigenvalue weighted by atomic mass is 32.2. The number of nitrogens with zero attached hydrogens (tertiary/aromatic N) is 5. The molecule has 2 fully saturated rings. The molecule has 9 nitrogen and oxygen atoms in total. The molecule has 3 N–H and O–H groups in total. The molecular weight excluding hydrogens is 460 g/mol. The van der Waals surface area contributed by atoms with Gasteiger partial charge in [-0.05, 0) is 69.6 Å². The molecule has 0 bridgehead atoms. The summed E-state index contributed by atoms with van der Waals surface area (Å²) in [7, 11) is 0. The predicted octanol–water partition coefficient (Wildman–Crippen LogP) is 4.28. The fraction of sp³-hybridized carbons (Fsp3) is 0.440. The van der Waals surface area contributed by atoms with Crippen molar-refractivity contribution in [3.63, 3.8) is 0 Å². The summed E-state index contributed by atoms with van der Waals surface area (Å²) in [5.41, 5.74) is 1.80. The van der Waals surface area contributed by atoms with Gasteiger partial charge in [0.2, 0.25) is 5.91 Å². The van der Waals surface area contributed by atoms with E-state index in [1.807, 2.05) is 43.3 Å². The monoisotopic (exact) mass is 492 g/mol. The third-order valence-electron chi connectivity index (χ3n) is 6.30. The van der Waals surface area contributed by atoms with E-state index in [0.717, 1.165) is 66.9 Å². The van der Waals surface area contributed by atoms with Gasteiger partial charge in [-0.2, -0.15) is 5.10 Å². The molecule has 184 valence electrons. The van der Waals surface area contributed by atoms with Crippen LogP contribution in [0.1, 0.15) is 32.4 Å². The lowest BCUT2D eigenvalue weighted by atomic mass is 10.2. The van der Waals surface area contributed by atoms with E-state index in [-0.39, 0.29) is 11.8 Å². The van der Waals surface area contributed by atoms with Gasteiger partial charge in [0.05, 0.1) is 0 Å². The van der Waals surface area contributed by atoms with Crippen LogP contribution in [0.25, 0.3) is 0 Å². The first kappa shape index (κ1) is 23.6. The van der Waals surface area contributed by atoms with Crippen LogP contribution in [0.5, 0.6) is 0 Å². The van der Waals surface area contributed by atoms with Gasteiger partial charge in [-0.15, -0.1) is 0 Å². The fourth-order valence-electron chi connectivity index (χ4n) is 4.07. The van der Waals surface area contributed by atoms with Gasteiger partial charge >= 0.3 is 0 Å². The second-order valence-electron chi connectivity index (χ2n) is 9.46. The summed E-state index contributed by atoms with van der Waals surface area (Å²) in [6, 6.07) is 12.3. The molecule has 0 unspecified atom stereocenters. The summed E-state index contributed by atoms with van der Waals surface area (Å²) in [4.78, 5) is 27.5. The molecule has 2 aromatic heterocycles. The smallest absolute Gasteiger partial charge is 0.227 e. The average molecular weight is 493 g/mol. The molecule has 35 heavy (non-hydrogen) atoms. The van der Waals surface area contributed by atoms with Crippen molar-refractivity contribution in [2.45, 2.75) is 49.7 Å². The van der Waals surface area contributed by atoms with Gasteiger partial charge in [0.15, 0.2) is 11.0 Å². The van der Waals surface area contributed by atoms with Gasteiger partial charge in [0.1, 0.15) is 11.6 Å². The summed E-state index contributed by atoms with van der Waals surface area (Å²) < 4.78 is 0. The lowest BCUT2D eigenvalue weighted by Gasteiger charge is -2.37. The zero-order valence-corrected chi connectivity index (χ0v) is 21.2. The number of benzene rings is 1. The maximum atomic E-state index is 12.0. The maximum Gasteiger partial charge on any atom is 0.227 e. The summed E-state index contributed by atoms with van der Waals surface area (Å²) in [6.45, 7) is 10.3. The first-order valence-corrected chi connectivity index (χ1v) is 13.0. The van der Waals surface area contributed by atoms with Crippen LogP contribution in [0.3, 0.4) is 0 Å². The highest BCUT2D eigenvalue weighted by Crippen LogP contribution is 2.32. The van der Waals surface area contributed by atoms with Crippen molar-refractivity contribution in [1.82, 2.24) is 25.1 Å². The summed E-state index contributed by atoms with van der Waals surface area (Å²) >= 11 is 1.51. The van der Waals surface area contributed by atoms with Crippen LogP contribution in [0, 0.1) is 12.8 Å². The standard InChI is InChI=1S/C25H32N8OS/c1-16(2)32-10-12-33(13-11-32)23-15-21(27-22-14-17(3)30-31-22)28-25(29-23)35-20-8-6-19(7-9-20)26-24(34)18-4-5-18/h6-9,14-16,18H,4-5,10-13H2,1-3H3,(H,26,34)(H2,27,28,29,30,31). The lowest BCUT2D eigenvalue weighted by molar-refractivity contribution is -0.117. The maximum absolute atomic E-state index is 12.0. The van der Waals surface area contributed by atoms with E-state index < -0.39 is 0 Å². The first-order valence-electron chi connectivity index (χ1n) is 12.2. The Morgan fingerprint density at radius 1 is 1.06 bits per heavy atom. The topological polar surface area (TPSA) is 102 Å². The van der Waals surface area contributed by atoms with E-state index in [1.54, 1.807) is 0 Å². The molecule has 1 amide bonds. The molecule has 1 aromatic carbocycles. The quantitative estimate of drug-likeness (QED) is 0.401. The number of amides is 1. The van der Waals surface area contributed by atoms with Crippen molar-refractivity contribution < 1.29 is 4.79 Å². The van der Waals surface area contributed by atoms with Crippen molar-refractivity contribution >= 4 is 40.8 Å². The Hall–Kier alpha value is -3.11. The van der Waals surface area contributed by atoms with E-state index in [2.05, 4.69) is 44.5 Å². The van der Waals surface area contributed by atoms with Gasteiger partial charge in [-0.3, -0.25) is 14.8 Å². The number of hydrogen-bond acceptors (Lipinski definition) is 8. The van der Waals surface area contributed by atoms with Crippen LogP contribution in [-0.2, 0) is 4.79 Å². The number of aromatic amines is 1. The summed E-state index contributed by atoms with van der Waals surface area (Å²) in [5, 5.41) is 14.2. The van der Waals surface area contributed by atoms with Gasteiger partial charge in [0, 0.05) is 66.5 Å². The van der Waals surface area contributed by atoms with E-state index >= 15 is 0 Å². The Kier molecular flexibility index (Phi) is 6.92. The number of aromatic nitrogens is 4. The molecule has 0 radical (unpaired) electrons. The van der Waals surface area contributed by atoms with E-state index in [9.17, 15) is 4.79 Å². The molecule has 0 atom stereocenters. The number of hydrogen-bond donors (Lipinski definition) is 3. The normalized spacial score (nSPS) is 16.5. The van der Waals surface area contributed by atoms with E-state index in [4.69, 9.17) is 9.97 Å². The molecule has 3 aromatic rings. The first-order chi connectivity index (χ1) is 16.9. The highest BCUT2D eigenvalue weighted by molar-refractivity contribution is 7.99. The minimum Gasteiger partial charge on any atom is -0.354 e. The highest BCUT2D eigenvalue weighted by Gasteiger charge is 2.29. The van der Waals surface area contributed by atoms with Crippen molar-refractivity contribution in [3.05, 3.63) is 42.1 Å². The van der Waals surface area contributed by atoms with Gasteiger partial charge in [-0.25, -0.2) is 9.97 Å². The number of piperazine rings is 1. The van der Waals surface area contributed by atoms with Crippen LogP contribution in [0.4, 0.5) is 23.1 Å². The molecule has 1 saturated heterocycles. The largest absolute Gasteiger partial charge is 0.354 e. The molecule has 5 rings (SSSR count). The minimum atomic E-state index is 0.114. The number of H-pyrrole nitrogens is 1. The van der Waals surface area contributed by atoms with Crippen molar-refractivity contribution in [2.75, 3.05) is 41.7 Å². The SMILES string of the molecule is Cc1cc(Nc2cc(N3CCN(C(C)C)CC3)nc(Sc3ccc(NC(=O)C4CC4)cc3)n2)n[nH]1. The van der Waals surface area contributed by atoms with E-state index in [0.29, 0.717) is 17.0 Å².